The van der Waals surface area contributed by atoms with Gasteiger partial charge in [-0.05, 0) is 66.6 Å². The first-order valence-electron chi connectivity index (χ1n) is 11.5. The molecular weight excluding hydrogens is 417 g/mol. The molecule has 168 valence electrons. The van der Waals surface area contributed by atoms with Crippen molar-refractivity contribution in [2.24, 2.45) is 0 Å². The van der Waals surface area contributed by atoms with E-state index in [0.717, 1.165) is 58.4 Å². The monoisotopic (exact) mass is 443 g/mol. The molecule has 33 heavy (non-hydrogen) atoms. The van der Waals surface area contributed by atoms with E-state index in [1.165, 1.54) is 0 Å². The van der Waals surface area contributed by atoms with Crippen LogP contribution < -0.4 is 5.69 Å². The molecule has 5 nitrogen and oxygen atoms in total. The van der Waals surface area contributed by atoms with Gasteiger partial charge in [0.05, 0.1) is 17.1 Å². The minimum Gasteiger partial charge on any atom is -0.492 e. The fraction of sp³-hybridized carbons (Fsp3) is 0.296. The van der Waals surface area contributed by atoms with E-state index in [-0.39, 0.29) is 18.2 Å². The number of benzene rings is 2. The van der Waals surface area contributed by atoms with Crippen LogP contribution in [-0.4, -0.2) is 40.8 Å². The van der Waals surface area contributed by atoms with E-state index in [9.17, 15) is 9.18 Å². The number of aromatic amines is 1. The number of rotatable bonds is 2. The molecule has 1 fully saturated rings. The number of hydrogen-bond acceptors (Lipinski definition) is 3. The first kappa shape index (κ1) is 20.2. The van der Waals surface area contributed by atoms with Gasteiger partial charge < -0.3 is 14.6 Å². The van der Waals surface area contributed by atoms with Crippen molar-refractivity contribution in [3.8, 4) is 0 Å². The quantitative estimate of drug-likeness (QED) is 0.617. The molecule has 1 saturated heterocycles. The zero-order valence-corrected chi connectivity index (χ0v) is 18.6. The van der Waals surface area contributed by atoms with Crippen molar-refractivity contribution < 1.29 is 9.13 Å². The Kier molecular flexibility index (Phi) is 4.84. The van der Waals surface area contributed by atoms with Gasteiger partial charge in [-0.1, -0.05) is 36.4 Å². The van der Waals surface area contributed by atoms with Gasteiger partial charge in [-0.25, -0.2) is 9.18 Å². The molecule has 2 aromatic carbocycles. The number of alkyl halides is 1. The number of hydrogen-bond donors (Lipinski definition) is 1. The van der Waals surface area contributed by atoms with Crippen molar-refractivity contribution in [3.63, 3.8) is 0 Å². The van der Waals surface area contributed by atoms with E-state index in [1.54, 1.807) is 6.08 Å². The molecule has 0 bridgehead atoms. The number of nitrogens with zero attached hydrogens (tertiary/aromatic N) is 2. The van der Waals surface area contributed by atoms with Crippen LogP contribution in [0, 0.1) is 0 Å². The Morgan fingerprint density at radius 2 is 2.09 bits per heavy atom. The Morgan fingerprint density at radius 3 is 2.94 bits per heavy atom. The number of likely N-dealkylation sites (tertiary alicyclic amines) is 1. The highest BCUT2D eigenvalue weighted by atomic mass is 19.1. The van der Waals surface area contributed by atoms with Crippen LogP contribution in [0.2, 0.25) is 0 Å². The van der Waals surface area contributed by atoms with Gasteiger partial charge in [0, 0.05) is 18.5 Å². The van der Waals surface area contributed by atoms with E-state index < -0.39 is 6.17 Å². The van der Waals surface area contributed by atoms with Gasteiger partial charge in [0.15, 0.2) is 0 Å². The summed E-state index contributed by atoms with van der Waals surface area (Å²) in [6.07, 6.45) is 5.76. The fourth-order valence-corrected chi connectivity index (χ4v) is 5.29. The predicted octanol–water partition coefficient (Wildman–Crippen LogP) is 4.83. The highest BCUT2D eigenvalue weighted by Gasteiger charge is 2.26. The van der Waals surface area contributed by atoms with E-state index in [4.69, 9.17) is 4.74 Å². The lowest BCUT2D eigenvalue weighted by Gasteiger charge is -2.18. The first-order chi connectivity index (χ1) is 16.1. The van der Waals surface area contributed by atoms with E-state index in [0.29, 0.717) is 12.4 Å². The lowest BCUT2D eigenvalue weighted by Crippen LogP contribution is -2.24. The summed E-state index contributed by atoms with van der Waals surface area (Å²) in [5.41, 5.74) is 6.79. The summed E-state index contributed by atoms with van der Waals surface area (Å²) >= 11 is 0. The van der Waals surface area contributed by atoms with Crippen molar-refractivity contribution in [1.29, 1.82) is 0 Å². The van der Waals surface area contributed by atoms with Crippen LogP contribution in [0.3, 0.4) is 0 Å². The number of fused-ring (bicyclic) bond motifs is 2. The number of halogens is 1. The molecule has 3 aliphatic rings. The van der Waals surface area contributed by atoms with Gasteiger partial charge in [-0.15, -0.1) is 0 Å². The summed E-state index contributed by atoms with van der Waals surface area (Å²) in [5.74, 6) is 0.693. The van der Waals surface area contributed by atoms with Crippen LogP contribution in [0.15, 0.2) is 70.7 Å². The second kappa shape index (κ2) is 7.89. The summed E-state index contributed by atoms with van der Waals surface area (Å²) in [5, 5.41) is 0. The second-order valence-electron chi connectivity index (χ2n) is 9.20. The molecule has 2 atom stereocenters. The Balaban J connectivity index is 1.47. The SMILES string of the molecule is CN1CC[C@@H](n2c(=O)[nH]c3cc(/C=C4/C5=C(CC(F)C=C5)OCc5ccccc54)ccc32)C1. The Hall–Kier alpha value is -3.38. The Morgan fingerprint density at radius 1 is 1.21 bits per heavy atom. The molecular formula is C27H26FN3O2. The summed E-state index contributed by atoms with van der Waals surface area (Å²) in [4.78, 5) is 18.1. The summed E-state index contributed by atoms with van der Waals surface area (Å²) < 4.78 is 22.0. The maximum Gasteiger partial charge on any atom is 0.326 e. The lowest BCUT2D eigenvalue weighted by atomic mass is 9.89. The molecule has 0 saturated carbocycles. The van der Waals surface area contributed by atoms with Gasteiger partial charge in [0.2, 0.25) is 0 Å². The molecule has 0 radical (unpaired) electrons. The van der Waals surface area contributed by atoms with Crippen molar-refractivity contribution in [1.82, 2.24) is 14.5 Å². The molecule has 6 heteroatoms. The average molecular weight is 444 g/mol. The molecule has 2 aliphatic heterocycles. The van der Waals surface area contributed by atoms with Crippen LogP contribution in [-0.2, 0) is 11.3 Å². The molecule has 0 spiro atoms. The van der Waals surface area contributed by atoms with E-state index in [2.05, 4.69) is 41.2 Å². The van der Waals surface area contributed by atoms with Gasteiger partial charge in [-0.3, -0.25) is 4.57 Å². The predicted molar refractivity (Wildman–Crippen MR) is 128 cm³/mol. The number of likely N-dealkylation sites (N-methyl/N-ethyl adjacent to an activating group) is 1. The fourth-order valence-electron chi connectivity index (χ4n) is 5.29. The maximum absolute atomic E-state index is 14.1. The number of nitrogens with one attached hydrogen (secondary N) is 1. The standard InChI is InChI=1S/C27H26FN3O2/c1-30-11-10-20(15-30)31-25-9-6-17(13-24(25)29-27(31)32)12-23-21-5-3-2-4-18(21)16-33-26-14-19(28)7-8-22(23)26/h2-9,12-13,19-20H,10-11,14-16H2,1H3,(H,29,32)/b23-12+/t19?,20-/m1/s1. The zero-order chi connectivity index (χ0) is 22.5. The topological polar surface area (TPSA) is 50.3 Å². The Bertz CT molecular complexity index is 1390. The van der Waals surface area contributed by atoms with Crippen LogP contribution >= 0.6 is 0 Å². The molecule has 1 unspecified atom stereocenters. The molecule has 0 amide bonds. The van der Waals surface area contributed by atoms with Gasteiger partial charge in [0.25, 0.3) is 0 Å². The third kappa shape index (κ3) is 3.55. The van der Waals surface area contributed by atoms with Crippen molar-refractivity contribution >= 4 is 22.7 Å². The average Bonchev–Trinajstić information content (AvgIpc) is 3.33. The third-order valence-electron chi connectivity index (χ3n) is 6.94. The van der Waals surface area contributed by atoms with Crippen LogP contribution in [0.25, 0.3) is 22.7 Å². The second-order valence-corrected chi connectivity index (χ2v) is 9.20. The van der Waals surface area contributed by atoms with E-state index >= 15 is 0 Å². The lowest BCUT2D eigenvalue weighted by molar-refractivity contribution is 0.174. The van der Waals surface area contributed by atoms with Crippen LogP contribution in [0.4, 0.5) is 4.39 Å². The van der Waals surface area contributed by atoms with Gasteiger partial charge in [-0.2, -0.15) is 0 Å². The first-order valence-corrected chi connectivity index (χ1v) is 11.5. The van der Waals surface area contributed by atoms with Gasteiger partial charge in [0.1, 0.15) is 18.5 Å². The molecule has 1 N–H and O–H groups in total. The van der Waals surface area contributed by atoms with Crippen molar-refractivity contribution in [2.45, 2.75) is 31.7 Å². The maximum atomic E-state index is 14.1. The number of ether oxygens (including phenoxy) is 1. The summed E-state index contributed by atoms with van der Waals surface area (Å²) in [6, 6.07) is 14.5. The third-order valence-corrected chi connectivity index (χ3v) is 6.94. The van der Waals surface area contributed by atoms with Crippen molar-refractivity contribution in [2.75, 3.05) is 20.1 Å². The van der Waals surface area contributed by atoms with Crippen LogP contribution in [0.5, 0.6) is 0 Å². The Labute approximate surface area is 191 Å². The minimum atomic E-state index is -1.03. The van der Waals surface area contributed by atoms with Crippen LogP contribution in [0.1, 0.15) is 35.6 Å². The molecule has 6 rings (SSSR count). The van der Waals surface area contributed by atoms with Crippen molar-refractivity contribution in [3.05, 3.63) is 93.1 Å². The highest BCUT2D eigenvalue weighted by Crippen LogP contribution is 2.39. The number of aromatic nitrogens is 2. The molecule has 3 heterocycles. The zero-order valence-electron chi connectivity index (χ0n) is 18.6. The largest absolute Gasteiger partial charge is 0.492 e. The minimum absolute atomic E-state index is 0.0579. The summed E-state index contributed by atoms with van der Waals surface area (Å²) in [6.45, 7) is 2.31. The van der Waals surface area contributed by atoms with E-state index in [1.807, 2.05) is 34.9 Å². The number of allylic oxidation sites excluding steroid dienone is 5. The highest BCUT2D eigenvalue weighted by molar-refractivity contribution is 5.95. The molecule has 3 aromatic rings. The van der Waals surface area contributed by atoms with Gasteiger partial charge >= 0.3 is 5.69 Å². The summed E-state index contributed by atoms with van der Waals surface area (Å²) in [7, 11) is 2.09. The number of H-pyrrole nitrogens is 1. The number of imidazole rings is 1. The normalized spacial score (nSPS) is 24.1. The molecule has 1 aromatic heterocycles. The smallest absolute Gasteiger partial charge is 0.326 e. The molecule has 1 aliphatic carbocycles.